The highest BCUT2D eigenvalue weighted by Gasteiger charge is 2.41. The van der Waals surface area contributed by atoms with Crippen molar-refractivity contribution in [3.63, 3.8) is 0 Å². The number of fused-ring (bicyclic) bond motifs is 1. The van der Waals surface area contributed by atoms with Gasteiger partial charge < -0.3 is 19.2 Å². The fourth-order valence-corrected chi connectivity index (χ4v) is 5.03. The van der Waals surface area contributed by atoms with Crippen molar-refractivity contribution in [2.75, 3.05) is 14.2 Å². The Hall–Kier alpha value is -2.79. The van der Waals surface area contributed by atoms with Crippen molar-refractivity contribution in [1.29, 1.82) is 0 Å². The summed E-state index contributed by atoms with van der Waals surface area (Å²) in [6.07, 6.45) is 2.07. The van der Waals surface area contributed by atoms with Crippen LogP contribution in [0.4, 0.5) is 0 Å². The Balaban J connectivity index is 1.87. The highest BCUT2D eigenvalue weighted by Crippen LogP contribution is 2.28. The van der Waals surface area contributed by atoms with Crippen LogP contribution in [0.2, 0.25) is 0 Å². The fourth-order valence-electron chi connectivity index (χ4n) is 5.03. The van der Waals surface area contributed by atoms with E-state index in [2.05, 4.69) is 39.1 Å². The Morgan fingerprint density at radius 3 is 2.10 bits per heavy atom. The smallest absolute Gasteiger partial charge is 0.137 e. The number of ether oxygens (including phenoxy) is 2. The highest BCUT2D eigenvalue weighted by atomic mass is 16.5. The number of hydrogen-bond acceptors (Lipinski definition) is 4. The molecule has 0 spiro atoms. The molecule has 1 aliphatic heterocycles. The van der Waals surface area contributed by atoms with Crippen LogP contribution in [0, 0.1) is 0 Å². The van der Waals surface area contributed by atoms with E-state index in [1.807, 2.05) is 42.5 Å². The minimum absolute atomic E-state index is 0.154. The lowest BCUT2D eigenvalue weighted by molar-refractivity contribution is -0.787. The lowest BCUT2D eigenvalue weighted by Gasteiger charge is -2.41. The predicted molar refractivity (Wildman–Crippen MR) is 123 cm³/mol. The Bertz CT molecular complexity index is 1130. The quantitative estimate of drug-likeness (QED) is 0.683. The minimum atomic E-state index is 0.154. The standard InChI is InChI=1S/C26H32N2O3/c1-25(2)15-18(16-26(3,4)28-25)27-22-14-24(17-7-9-19(29-5)10-8-17)31-23-12-11-20(30-6)13-21(22)23/h7-14,18,28H,15-16H2,1-6H3/p+1. The zero-order chi connectivity index (χ0) is 22.2. The summed E-state index contributed by atoms with van der Waals surface area (Å²) >= 11 is 0. The molecule has 0 unspecified atom stereocenters. The van der Waals surface area contributed by atoms with Gasteiger partial charge in [-0.15, -0.1) is 0 Å². The Morgan fingerprint density at radius 1 is 0.871 bits per heavy atom. The first-order valence-electron chi connectivity index (χ1n) is 10.9. The molecule has 164 valence electrons. The third kappa shape index (κ3) is 4.77. The Kier molecular flexibility index (Phi) is 5.56. The molecule has 0 saturated carbocycles. The van der Waals surface area contributed by atoms with E-state index in [0.29, 0.717) is 0 Å². The van der Waals surface area contributed by atoms with Crippen molar-refractivity contribution in [3.8, 4) is 22.8 Å². The molecule has 1 aliphatic rings. The molecule has 5 heteroatoms. The number of benzene rings is 2. The molecular weight excluding hydrogens is 388 g/mol. The Labute approximate surface area is 184 Å². The van der Waals surface area contributed by atoms with Crippen LogP contribution < -0.4 is 20.1 Å². The van der Waals surface area contributed by atoms with Crippen LogP contribution in [-0.4, -0.2) is 31.3 Å². The first kappa shape index (κ1) is 21.4. The molecule has 3 aromatic rings. The van der Waals surface area contributed by atoms with E-state index in [1.54, 1.807) is 14.2 Å². The molecule has 0 atom stereocenters. The van der Waals surface area contributed by atoms with Crippen molar-refractivity contribution in [2.45, 2.75) is 57.7 Å². The number of methoxy groups -OCH3 is 2. The van der Waals surface area contributed by atoms with Crippen molar-refractivity contribution in [2.24, 2.45) is 4.99 Å². The van der Waals surface area contributed by atoms with Crippen LogP contribution in [-0.2, 0) is 0 Å². The molecule has 1 saturated heterocycles. The van der Waals surface area contributed by atoms with E-state index in [0.717, 1.165) is 52.0 Å². The molecule has 1 fully saturated rings. The maximum atomic E-state index is 6.27. The second-order valence-corrected chi connectivity index (χ2v) is 9.90. The first-order valence-corrected chi connectivity index (χ1v) is 10.9. The van der Waals surface area contributed by atoms with Gasteiger partial charge in [0.1, 0.15) is 22.8 Å². The van der Waals surface area contributed by atoms with E-state index in [9.17, 15) is 0 Å². The summed E-state index contributed by atoms with van der Waals surface area (Å²) in [6.45, 7) is 9.22. The number of nitrogens with two attached hydrogens (primary N) is 1. The van der Waals surface area contributed by atoms with Gasteiger partial charge in [0.15, 0.2) is 0 Å². The monoisotopic (exact) mass is 421 g/mol. The molecule has 0 bridgehead atoms. The van der Waals surface area contributed by atoms with Crippen LogP contribution in [0.3, 0.4) is 0 Å². The summed E-state index contributed by atoms with van der Waals surface area (Å²) in [5.41, 5.74) is 2.10. The van der Waals surface area contributed by atoms with Gasteiger partial charge >= 0.3 is 0 Å². The minimum Gasteiger partial charge on any atom is -0.497 e. The number of hydrogen-bond donors (Lipinski definition) is 1. The van der Waals surface area contributed by atoms with E-state index in [1.165, 1.54) is 0 Å². The zero-order valence-electron chi connectivity index (χ0n) is 19.4. The van der Waals surface area contributed by atoms with Gasteiger partial charge in [0.05, 0.1) is 36.7 Å². The van der Waals surface area contributed by atoms with E-state index in [-0.39, 0.29) is 17.1 Å². The summed E-state index contributed by atoms with van der Waals surface area (Å²) in [6, 6.07) is 16.1. The topological polar surface area (TPSA) is 60.6 Å². The molecule has 2 heterocycles. The molecule has 1 aromatic heterocycles. The molecule has 5 nitrogen and oxygen atoms in total. The van der Waals surface area contributed by atoms with Crippen LogP contribution in [0.5, 0.6) is 11.5 Å². The van der Waals surface area contributed by atoms with Gasteiger partial charge in [-0.25, -0.2) is 0 Å². The molecule has 31 heavy (non-hydrogen) atoms. The average molecular weight is 422 g/mol. The van der Waals surface area contributed by atoms with Crippen molar-refractivity contribution >= 4 is 11.0 Å². The lowest BCUT2D eigenvalue weighted by atomic mass is 9.80. The van der Waals surface area contributed by atoms with Gasteiger partial charge in [0.2, 0.25) is 0 Å². The van der Waals surface area contributed by atoms with Crippen molar-refractivity contribution in [3.05, 3.63) is 53.9 Å². The molecule has 2 aromatic carbocycles. The predicted octanol–water partition coefficient (Wildman–Crippen LogP) is 4.30. The number of nitrogens with zero attached hydrogens (tertiary/aromatic N) is 1. The van der Waals surface area contributed by atoms with E-state index >= 15 is 0 Å². The van der Waals surface area contributed by atoms with Gasteiger partial charge in [-0.2, -0.15) is 0 Å². The molecule has 0 aliphatic carbocycles. The molecule has 0 radical (unpaired) electrons. The summed E-state index contributed by atoms with van der Waals surface area (Å²) in [5.74, 6) is 2.41. The lowest BCUT2D eigenvalue weighted by Crippen LogP contribution is -3.05. The number of piperidine rings is 1. The highest BCUT2D eigenvalue weighted by molar-refractivity contribution is 5.80. The summed E-state index contributed by atoms with van der Waals surface area (Å²) in [5, 5.41) is 4.40. The molecule has 4 rings (SSSR count). The van der Waals surface area contributed by atoms with Crippen molar-refractivity contribution < 1.29 is 19.2 Å². The van der Waals surface area contributed by atoms with Gasteiger partial charge in [0, 0.05) is 29.9 Å². The van der Waals surface area contributed by atoms with Crippen LogP contribution >= 0.6 is 0 Å². The fraction of sp³-hybridized carbons (Fsp3) is 0.423. The molecule has 2 N–H and O–H groups in total. The van der Waals surface area contributed by atoms with Crippen LogP contribution in [0.1, 0.15) is 40.5 Å². The van der Waals surface area contributed by atoms with E-state index in [4.69, 9.17) is 18.9 Å². The number of quaternary nitrogens is 1. The summed E-state index contributed by atoms with van der Waals surface area (Å²) in [7, 11) is 3.35. The largest absolute Gasteiger partial charge is 0.497 e. The maximum Gasteiger partial charge on any atom is 0.137 e. The summed E-state index contributed by atoms with van der Waals surface area (Å²) < 4.78 is 17.0. The number of rotatable bonds is 4. The Morgan fingerprint density at radius 2 is 1.48 bits per heavy atom. The van der Waals surface area contributed by atoms with Crippen LogP contribution in [0.15, 0.2) is 57.9 Å². The van der Waals surface area contributed by atoms with Crippen molar-refractivity contribution in [1.82, 2.24) is 0 Å². The van der Waals surface area contributed by atoms with Crippen LogP contribution in [0.25, 0.3) is 22.3 Å². The van der Waals surface area contributed by atoms with Gasteiger partial charge in [0.25, 0.3) is 0 Å². The summed E-state index contributed by atoms with van der Waals surface area (Å²) in [4.78, 5) is 5.27. The maximum absolute atomic E-state index is 6.27. The third-order valence-corrected chi connectivity index (χ3v) is 5.95. The average Bonchev–Trinajstić information content (AvgIpc) is 2.71. The zero-order valence-corrected chi connectivity index (χ0v) is 19.4. The van der Waals surface area contributed by atoms with Gasteiger partial charge in [-0.3, -0.25) is 4.99 Å². The normalized spacial score (nSPS) is 18.8. The molecular formula is C26H33N2O3+. The first-order chi connectivity index (χ1) is 14.7. The van der Waals surface area contributed by atoms with Gasteiger partial charge in [-0.1, -0.05) is 0 Å². The SMILES string of the molecule is COc1ccc(-c2cc(=NC3CC(C)(C)[NH2+]C(C)(C)C3)c3cc(OC)ccc3o2)cc1. The van der Waals surface area contributed by atoms with Gasteiger partial charge in [-0.05, 0) is 70.2 Å². The molecule has 0 amide bonds. The second kappa shape index (κ2) is 8.04. The second-order valence-electron chi connectivity index (χ2n) is 9.90. The van der Waals surface area contributed by atoms with E-state index < -0.39 is 0 Å². The third-order valence-electron chi connectivity index (χ3n) is 5.95.